The van der Waals surface area contributed by atoms with Crippen LogP contribution in [0.3, 0.4) is 0 Å². The summed E-state index contributed by atoms with van der Waals surface area (Å²) in [5.41, 5.74) is 3.69. The van der Waals surface area contributed by atoms with Gasteiger partial charge in [0.1, 0.15) is 17.1 Å². The van der Waals surface area contributed by atoms with Crippen LogP contribution in [0.2, 0.25) is 0 Å². The zero-order valence-corrected chi connectivity index (χ0v) is 17.4. The molecule has 0 bridgehead atoms. The van der Waals surface area contributed by atoms with Crippen molar-refractivity contribution in [1.29, 1.82) is 0 Å². The van der Waals surface area contributed by atoms with Crippen LogP contribution >= 0.6 is 0 Å². The van der Waals surface area contributed by atoms with Gasteiger partial charge in [-0.2, -0.15) is 0 Å². The smallest absolute Gasteiger partial charge is 0.339 e. The molecule has 0 fully saturated rings. The molecule has 0 radical (unpaired) electrons. The van der Waals surface area contributed by atoms with Gasteiger partial charge in [-0.1, -0.05) is 50.5 Å². The lowest BCUT2D eigenvalue weighted by Gasteiger charge is -2.16. The number of benzene rings is 1. The van der Waals surface area contributed by atoms with E-state index in [1.54, 1.807) is 13.2 Å². The number of carbonyl (C=O) groups is 1. The first-order valence-electron chi connectivity index (χ1n) is 9.75. The van der Waals surface area contributed by atoms with Crippen LogP contribution < -0.4 is 4.74 Å². The number of methoxy groups -OCH3 is 1. The quantitative estimate of drug-likeness (QED) is 0.326. The van der Waals surface area contributed by atoms with E-state index in [4.69, 9.17) is 4.74 Å². The lowest BCUT2D eigenvalue weighted by molar-refractivity contribution is 0.0692. The number of hydrogen-bond donors (Lipinski definition) is 2. The summed E-state index contributed by atoms with van der Waals surface area (Å²) in [4.78, 5) is 11.7. The van der Waals surface area contributed by atoms with Gasteiger partial charge in [-0.3, -0.25) is 0 Å². The highest BCUT2D eigenvalue weighted by atomic mass is 16.5. The lowest BCUT2D eigenvalue weighted by atomic mass is 9.94. The molecule has 158 valence electrons. The third-order valence-electron chi connectivity index (χ3n) is 4.68. The minimum Gasteiger partial charge on any atom is -0.507 e. The summed E-state index contributed by atoms with van der Waals surface area (Å²) >= 11 is 0. The highest BCUT2D eigenvalue weighted by Gasteiger charge is 2.22. The molecular formula is C24H38O4. The molecule has 1 rings (SSSR count). The predicted octanol–water partition coefficient (Wildman–Crippen LogP) is 6.70. The summed E-state index contributed by atoms with van der Waals surface area (Å²) in [7, 11) is 1.56. The fourth-order valence-corrected chi connectivity index (χ4v) is 3.08. The van der Waals surface area contributed by atoms with Crippen molar-refractivity contribution in [3.05, 3.63) is 46.1 Å². The minimum absolute atomic E-state index is 0. The molecule has 2 N–H and O–H groups in total. The number of rotatable bonds is 11. The molecule has 4 nitrogen and oxygen atoms in total. The second-order valence-electron chi connectivity index (χ2n) is 7.28. The van der Waals surface area contributed by atoms with Crippen molar-refractivity contribution in [2.45, 2.75) is 80.1 Å². The molecular weight excluding hydrogens is 352 g/mol. The molecule has 0 saturated heterocycles. The SMILES string of the molecule is C.CCCCCc1cc(OC)c(C/C=C(\C)CCC=C(C)C)c(O)c1C(=O)O. The Labute approximate surface area is 170 Å². The number of aryl methyl sites for hydroxylation is 1. The number of hydrogen-bond acceptors (Lipinski definition) is 3. The van der Waals surface area contributed by atoms with Gasteiger partial charge >= 0.3 is 5.97 Å². The summed E-state index contributed by atoms with van der Waals surface area (Å²) in [6.45, 7) is 8.32. The number of allylic oxidation sites excluding steroid dienone is 4. The zero-order chi connectivity index (χ0) is 20.4. The molecule has 0 unspecified atom stereocenters. The van der Waals surface area contributed by atoms with Gasteiger partial charge in [-0.25, -0.2) is 4.79 Å². The van der Waals surface area contributed by atoms with E-state index in [-0.39, 0.29) is 18.7 Å². The third kappa shape index (κ3) is 7.79. The van der Waals surface area contributed by atoms with Gasteiger partial charge in [0.2, 0.25) is 0 Å². The topological polar surface area (TPSA) is 66.8 Å². The zero-order valence-electron chi connectivity index (χ0n) is 17.4. The molecule has 0 aromatic heterocycles. The van der Waals surface area contributed by atoms with Crippen LogP contribution in [0.5, 0.6) is 11.5 Å². The number of phenols is 1. The van der Waals surface area contributed by atoms with Gasteiger partial charge < -0.3 is 14.9 Å². The molecule has 1 aromatic rings. The summed E-state index contributed by atoms with van der Waals surface area (Å²) in [5, 5.41) is 20.3. The second kappa shape index (κ2) is 13.0. The van der Waals surface area contributed by atoms with E-state index in [2.05, 4.69) is 33.8 Å². The number of aromatic hydroxyl groups is 1. The average Bonchev–Trinajstić information content (AvgIpc) is 2.59. The Hall–Kier alpha value is -2.23. The van der Waals surface area contributed by atoms with Crippen molar-refractivity contribution in [3.8, 4) is 11.5 Å². The standard InChI is InChI=1S/C23H34O4.CH4/c1-6-7-8-12-18-15-20(27-5)19(22(24)21(18)23(25)26)14-13-17(4)11-9-10-16(2)3;/h10,13,15,24H,6-9,11-12,14H2,1-5H3,(H,25,26);1H4/b17-13+;. The average molecular weight is 391 g/mol. The molecule has 0 saturated carbocycles. The van der Waals surface area contributed by atoms with E-state index < -0.39 is 5.97 Å². The Morgan fingerprint density at radius 1 is 1.18 bits per heavy atom. The fraction of sp³-hybridized carbons (Fsp3) is 0.542. The Bertz CT molecular complexity index is 695. The summed E-state index contributed by atoms with van der Waals surface area (Å²) in [6, 6.07) is 1.78. The van der Waals surface area contributed by atoms with Gasteiger partial charge in [0.15, 0.2) is 0 Å². The maximum atomic E-state index is 11.7. The van der Waals surface area contributed by atoms with Crippen molar-refractivity contribution in [1.82, 2.24) is 0 Å². The first-order valence-corrected chi connectivity index (χ1v) is 9.75. The maximum Gasteiger partial charge on any atom is 0.339 e. The van der Waals surface area contributed by atoms with Crippen LogP contribution in [-0.4, -0.2) is 23.3 Å². The Morgan fingerprint density at radius 2 is 1.86 bits per heavy atom. The fourth-order valence-electron chi connectivity index (χ4n) is 3.08. The molecule has 0 amide bonds. The van der Waals surface area contributed by atoms with Crippen molar-refractivity contribution < 1.29 is 19.7 Å². The number of aromatic carboxylic acids is 1. The Kier molecular flexibility index (Phi) is 12.0. The van der Waals surface area contributed by atoms with Crippen LogP contribution in [0, 0.1) is 0 Å². The van der Waals surface area contributed by atoms with Crippen LogP contribution in [0.25, 0.3) is 0 Å². The van der Waals surface area contributed by atoms with Crippen LogP contribution in [0.1, 0.15) is 88.7 Å². The molecule has 0 spiro atoms. The minimum atomic E-state index is -1.09. The molecule has 0 aliphatic rings. The summed E-state index contributed by atoms with van der Waals surface area (Å²) in [6.07, 6.45) is 10.2. The number of ether oxygens (including phenoxy) is 1. The predicted molar refractivity (Wildman–Crippen MR) is 118 cm³/mol. The van der Waals surface area contributed by atoms with E-state index in [1.807, 2.05) is 6.08 Å². The van der Waals surface area contributed by atoms with Gasteiger partial charge in [-0.15, -0.1) is 0 Å². The number of unbranched alkanes of at least 4 members (excludes halogenated alkanes) is 2. The van der Waals surface area contributed by atoms with Crippen molar-refractivity contribution >= 4 is 5.97 Å². The number of carboxylic acid groups (broad SMARTS) is 1. The number of carboxylic acids is 1. The van der Waals surface area contributed by atoms with Crippen LogP contribution in [-0.2, 0) is 12.8 Å². The van der Waals surface area contributed by atoms with E-state index in [0.717, 1.165) is 32.1 Å². The lowest BCUT2D eigenvalue weighted by Crippen LogP contribution is -2.07. The molecule has 28 heavy (non-hydrogen) atoms. The molecule has 0 atom stereocenters. The highest BCUT2D eigenvalue weighted by molar-refractivity contribution is 5.93. The van der Waals surface area contributed by atoms with Crippen molar-refractivity contribution in [2.24, 2.45) is 0 Å². The Morgan fingerprint density at radius 3 is 2.39 bits per heavy atom. The van der Waals surface area contributed by atoms with Crippen molar-refractivity contribution in [2.75, 3.05) is 7.11 Å². The summed E-state index contributed by atoms with van der Waals surface area (Å²) < 4.78 is 5.46. The van der Waals surface area contributed by atoms with Gasteiger partial charge in [0.25, 0.3) is 0 Å². The first kappa shape index (κ1) is 25.8. The molecule has 0 aliphatic heterocycles. The molecule has 0 heterocycles. The van der Waals surface area contributed by atoms with Gasteiger partial charge in [0, 0.05) is 5.56 Å². The monoisotopic (exact) mass is 390 g/mol. The van der Waals surface area contributed by atoms with E-state index in [9.17, 15) is 15.0 Å². The van der Waals surface area contributed by atoms with Crippen LogP contribution in [0.15, 0.2) is 29.4 Å². The largest absolute Gasteiger partial charge is 0.507 e. The van der Waals surface area contributed by atoms with E-state index in [0.29, 0.717) is 29.7 Å². The van der Waals surface area contributed by atoms with Crippen LogP contribution in [0.4, 0.5) is 0 Å². The second-order valence-corrected chi connectivity index (χ2v) is 7.28. The Balaban J connectivity index is 0.00000729. The molecule has 4 heteroatoms. The van der Waals surface area contributed by atoms with Gasteiger partial charge in [-0.05, 0) is 64.5 Å². The van der Waals surface area contributed by atoms with E-state index >= 15 is 0 Å². The van der Waals surface area contributed by atoms with Crippen molar-refractivity contribution in [3.63, 3.8) is 0 Å². The first-order chi connectivity index (χ1) is 12.8. The normalized spacial score (nSPS) is 11.0. The third-order valence-corrected chi connectivity index (χ3v) is 4.68. The highest BCUT2D eigenvalue weighted by Crippen LogP contribution is 2.36. The maximum absolute atomic E-state index is 11.7. The summed E-state index contributed by atoms with van der Waals surface area (Å²) in [5.74, 6) is -0.703. The molecule has 0 aliphatic carbocycles. The van der Waals surface area contributed by atoms with Gasteiger partial charge in [0.05, 0.1) is 7.11 Å². The molecule has 1 aromatic carbocycles. The van der Waals surface area contributed by atoms with E-state index in [1.165, 1.54) is 11.1 Å².